The van der Waals surface area contributed by atoms with Crippen molar-refractivity contribution in [3.05, 3.63) is 83.9 Å². The minimum Gasteiger partial charge on any atom is -0.497 e. The number of aromatic nitrogens is 1. The average Bonchev–Trinajstić information content (AvgIpc) is 2.71. The average molecular weight is 372 g/mol. The van der Waals surface area contributed by atoms with Crippen LogP contribution in [0.3, 0.4) is 0 Å². The Balaban J connectivity index is 1.57. The van der Waals surface area contributed by atoms with Gasteiger partial charge in [-0.05, 0) is 53.1 Å². The van der Waals surface area contributed by atoms with E-state index in [1.54, 1.807) is 7.11 Å². The number of benzene rings is 3. The van der Waals surface area contributed by atoms with Gasteiger partial charge in [-0.1, -0.05) is 60.7 Å². The van der Waals surface area contributed by atoms with Crippen LogP contribution in [0.2, 0.25) is 0 Å². The fraction of sp³-hybridized carbons (Fsp3) is 0.167. The molecule has 4 aromatic rings. The lowest BCUT2D eigenvalue weighted by molar-refractivity contribution is 0.414. The Kier molecular flexibility index (Phi) is 5.12. The van der Waals surface area contributed by atoms with Crippen molar-refractivity contribution < 1.29 is 4.74 Å². The Hall–Kier alpha value is -2.78. The van der Waals surface area contributed by atoms with Crippen LogP contribution in [-0.4, -0.2) is 17.0 Å². The molecule has 27 heavy (non-hydrogen) atoms. The highest BCUT2D eigenvalue weighted by Gasteiger charge is 2.10. The zero-order valence-electron chi connectivity index (χ0n) is 15.3. The van der Waals surface area contributed by atoms with Crippen LogP contribution in [-0.2, 0) is 12.8 Å². The van der Waals surface area contributed by atoms with Crippen molar-refractivity contribution >= 4 is 38.9 Å². The summed E-state index contributed by atoms with van der Waals surface area (Å²) in [5.74, 6) is 0.874. The third-order valence-corrected chi connectivity index (χ3v) is 5.26. The number of aryl methyl sites for hydroxylation is 1. The first-order valence-electron chi connectivity index (χ1n) is 9.15. The van der Waals surface area contributed by atoms with Crippen molar-refractivity contribution in [3.63, 3.8) is 0 Å². The molecule has 0 saturated heterocycles. The second-order valence-corrected chi connectivity index (χ2v) is 7.27. The molecule has 1 heterocycles. The number of para-hydroxylation sites is 2. The third-order valence-electron chi connectivity index (χ3n) is 4.91. The molecule has 2 nitrogen and oxygen atoms in total. The van der Waals surface area contributed by atoms with Crippen LogP contribution < -0.4 is 4.74 Å². The first kappa shape index (κ1) is 17.6. The summed E-state index contributed by atoms with van der Waals surface area (Å²) in [7, 11) is 1.68. The fourth-order valence-electron chi connectivity index (χ4n) is 3.52. The van der Waals surface area contributed by atoms with Crippen LogP contribution in [0.1, 0.15) is 17.5 Å². The Morgan fingerprint density at radius 1 is 0.852 bits per heavy atom. The van der Waals surface area contributed by atoms with Crippen LogP contribution in [0.25, 0.3) is 21.8 Å². The number of hydrogen-bond donors (Lipinski definition) is 0. The topological polar surface area (TPSA) is 22.1 Å². The van der Waals surface area contributed by atoms with Crippen LogP contribution in [0.15, 0.2) is 72.8 Å². The van der Waals surface area contributed by atoms with Crippen molar-refractivity contribution in [2.24, 2.45) is 0 Å². The van der Waals surface area contributed by atoms with E-state index < -0.39 is 0 Å². The molecule has 0 saturated carbocycles. The minimum absolute atomic E-state index is 0.820. The van der Waals surface area contributed by atoms with Crippen molar-refractivity contribution in [2.75, 3.05) is 7.11 Å². The molecule has 0 atom stereocenters. The largest absolute Gasteiger partial charge is 0.497 e. The standard InChI is InChI=1S/C24H21NOS/c1-26-18-12-10-17(11-13-18)16-19(27)14-15-20-21-6-2-4-8-23(21)25-24-9-5-3-7-22(20)24/h2-13H,14-16H2,1H3. The van der Waals surface area contributed by atoms with E-state index in [4.69, 9.17) is 21.9 Å². The maximum absolute atomic E-state index is 5.69. The van der Waals surface area contributed by atoms with E-state index in [9.17, 15) is 0 Å². The number of hydrogen-bond acceptors (Lipinski definition) is 3. The maximum Gasteiger partial charge on any atom is 0.118 e. The Labute approximate surface area is 164 Å². The van der Waals surface area contributed by atoms with Gasteiger partial charge in [0.15, 0.2) is 0 Å². The van der Waals surface area contributed by atoms with Gasteiger partial charge >= 0.3 is 0 Å². The first-order valence-corrected chi connectivity index (χ1v) is 9.56. The van der Waals surface area contributed by atoms with Gasteiger partial charge in [0, 0.05) is 17.2 Å². The van der Waals surface area contributed by atoms with E-state index in [-0.39, 0.29) is 0 Å². The van der Waals surface area contributed by atoms with Gasteiger partial charge in [-0.15, -0.1) is 0 Å². The SMILES string of the molecule is COc1ccc(CC(=S)CCc2c3ccccc3nc3ccccc23)cc1. The highest BCUT2D eigenvalue weighted by molar-refractivity contribution is 7.80. The number of methoxy groups -OCH3 is 1. The maximum atomic E-state index is 5.69. The molecule has 0 N–H and O–H groups in total. The van der Waals surface area contributed by atoms with Gasteiger partial charge in [-0.25, -0.2) is 4.98 Å². The molecule has 0 aliphatic rings. The van der Waals surface area contributed by atoms with E-state index >= 15 is 0 Å². The number of ether oxygens (including phenoxy) is 1. The highest BCUT2D eigenvalue weighted by atomic mass is 32.1. The molecule has 4 rings (SSSR count). The molecule has 134 valence electrons. The number of rotatable bonds is 6. The number of nitrogens with zero attached hydrogens (tertiary/aromatic N) is 1. The number of fused-ring (bicyclic) bond motifs is 2. The molecule has 1 aromatic heterocycles. The Morgan fingerprint density at radius 2 is 1.44 bits per heavy atom. The number of pyridine rings is 1. The van der Waals surface area contributed by atoms with Gasteiger partial charge < -0.3 is 4.74 Å². The lowest BCUT2D eigenvalue weighted by Crippen LogP contribution is -2.03. The third kappa shape index (κ3) is 3.83. The van der Waals surface area contributed by atoms with E-state index in [1.165, 1.54) is 21.9 Å². The Bertz CT molecular complexity index is 1050. The van der Waals surface area contributed by atoms with E-state index in [1.807, 2.05) is 24.3 Å². The molecular weight excluding hydrogens is 350 g/mol. The van der Waals surface area contributed by atoms with Crippen LogP contribution in [0.4, 0.5) is 0 Å². The zero-order chi connectivity index (χ0) is 18.6. The molecule has 0 fully saturated rings. The van der Waals surface area contributed by atoms with Crippen molar-refractivity contribution in [2.45, 2.75) is 19.3 Å². The number of thiocarbonyl (C=S) groups is 1. The van der Waals surface area contributed by atoms with Crippen LogP contribution in [0.5, 0.6) is 5.75 Å². The lowest BCUT2D eigenvalue weighted by Gasteiger charge is -2.11. The molecular formula is C24H21NOS. The molecule has 0 unspecified atom stereocenters. The van der Waals surface area contributed by atoms with Gasteiger partial charge in [0.1, 0.15) is 5.75 Å². The predicted molar refractivity (Wildman–Crippen MR) is 117 cm³/mol. The van der Waals surface area contributed by atoms with Crippen LogP contribution >= 0.6 is 12.2 Å². The monoisotopic (exact) mass is 371 g/mol. The smallest absolute Gasteiger partial charge is 0.118 e. The molecule has 3 aromatic carbocycles. The summed E-state index contributed by atoms with van der Waals surface area (Å²) in [6.07, 6.45) is 2.64. The normalized spacial score (nSPS) is 11.0. The van der Waals surface area contributed by atoms with Crippen molar-refractivity contribution in [1.82, 2.24) is 4.98 Å². The van der Waals surface area contributed by atoms with Gasteiger partial charge in [-0.2, -0.15) is 0 Å². The molecule has 0 spiro atoms. The molecule has 3 heteroatoms. The summed E-state index contributed by atoms with van der Waals surface area (Å²) in [5.41, 5.74) is 4.66. The summed E-state index contributed by atoms with van der Waals surface area (Å²) in [6, 6.07) is 24.9. The molecule has 0 aliphatic heterocycles. The highest BCUT2D eigenvalue weighted by Crippen LogP contribution is 2.27. The van der Waals surface area contributed by atoms with Crippen molar-refractivity contribution in [1.29, 1.82) is 0 Å². The Morgan fingerprint density at radius 3 is 2.04 bits per heavy atom. The summed E-state index contributed by atoms with van der Waals surface area (Å²) in [5, 5.41) is 2.45. The fourth-order valence-corrected chi connectivity index (χ4v) is 3.79. The summed E-state index contributed by atoms with van der Waals surface area (Å²) >= 11 is 5.69. The summed E-state index contributed by atoms with van der Waals surface area (Å²) in [6.45, 7) is 0. The molecule has 0 amide bonds. The van der Waals surface area contributed by atoms with Crippen molar-refractivity contribution in [3.8, 4) is 5.75 Å². The van der Waals surface area contributed by atoms with E-state index in [0.717, 1.165) is 40.9 Å². The van der Waals surface area contributed by atoms with Gasteiger partial charge in [0.25, 0.3) is 0 Å². The van der Waals surface area contributed by atoms with Gasteiger partial charge in [0.2, 0.25) is 0 Å². The minimum atomic E-state index is 0.820. The molecule has 0 bridgehead atoms. The van der Waals surface area contributed by atoms with Gasteiger partial charge in [0.05, 0.1) is 18.1 Å². The predicted octanol–water partition coefficient (Wildman–Crippen LogP) is 5.94. The van der Waals surface area contributed by atoms with Gasteiger partial charge in [-0.3, -0.25) is 0 Å². The molecule has 0 aliphatic carbocycles. The van der Waals surface area contributed by atoms with Crippen LogP contribution in [0, 0.1) is 0 Å². The van der Waals surface area contributed by atoms with E-state index in [0.29, 0.717) is 0 Å². The second-order valence-electron chi connectivity index (χ2n) is 6.69. The first-order chi connectivity index (χ1) is 13.2. The summed E-state index contributed by atoms with van der Waals surface area (Å²) < 4.78 is 5.22. The zero-order valence-corrected chi connectivity index (χ0v) is 16.1. The second kappa shape index (κ2) is 7.85. The molecule has 0 radical (unpaired) electrons. The summed E-state index contributed by atoms with van der Waals surface area (Å²) in [4.78, 5) is 5.88. The quantitative estimate of drug-likeness (QED) is 0.309. The van der Waals surface area contributed by atoms with E-state index in [2.05, 4.69) is 48.5 Å². The lowest BCUT2D eigenvalue weighted by atomic mass is 9.97.